The molecule has 0 aliphatic heterocycles. The first kappa shape index (κ1) is 9.71. The van der Waals surface area contributed by atoms with E-state index < -0.39 is 0 Å². The predicted molar refractivity (Wildman–Crippen MR) is 64.0 cm³/mol. The van der Waals surface area contributed by atoms with Crippen LogP contribution >= 0.6 is 0 Å². The highest BCUT2D eigenvalue weighted by Gasteiger charge is 2.00. The Morgan fingerprint density at radius 1 is 1.07 bits per heavy atom. The summed E-state index contributed by atoms with van der Waals surface area (Å²) in [6.45, 7) is 2.10. The molecule has 0 bridgehead atoms. The van der Waals surface area contributed by atoms with Crippen LogP contribution in [0.4, 0.5) is 5.69 Å². The van der Waals surface area contributed by atoms with Gasteiger partial charge in [0.15, 0.2) is 0 Å². The van der Waals surface area contributed by atoms with E-state index in [2.05, 4.69) is 41.5 Å². The highest BCUT2D eigenvalue weighted by molar-refractivity contribution is 5.68. The smallest absolute Gasteiger partial charge is 0.0349 e. The van der Waals surface area contributed by atoms with Gasteiger partial charge in [0.25, 0.3) is 0 Å². The Hall–Kier alpha value is -1.83. The Bertz CT molecular complexity index is 446. The Balaban J connectivity index is 2.42. The van der Waals surface area contributed by atoms with Gasteiger partial charge in [-0.05, 0) is 36.2 Å². The molecule has 2 heteroatoms. The molecule has 1 heterocycles. The van der Waals surface area contributed by atoms with Crippen molar-refractivity contribution in [3.63, 3.8) is 0 Å². The second-order valence-electron chi connectivity index (χ2n) is 3.52. The maximum atomic E-state index is 4.15. The Labute approximate surface area is 90.0 Å². The number of nitrogens with one attached hydrogen (secondary N) is 1. The fourth-order valence-electron chi connectivity index (χ4n) is 1.58. The molecule has 15 heavy (non-hydrogen) atoms. The molecule has 0 atom stereocenters. The summed E-state index contributed by atoms with van der Waals surface area (Å²) in [5.74, 6) is 0. The maximum Gasteiger partial charge on any atom is 0.0349 e. The van der Waals surface area contributed by atoms with Crippen molar-refractivity contribution in [3.8, 4) is 11.1 Å². The van der Waals surface area contributed by atoms with Crippen molar-refractivity contribution in [2.75, 3.05) is 12.4 Å². The summed E-state index contributed by atoms with van der Waals surface area (Å²) < 4.78 is 0. The van der Waals surface area contributed by atoms with Crippen molar-refractivity contribution in [2.45, 2.75) is 6.92 Å². The first-order valence-electron chi connectivity index (χ1n) is 5.00. The first-order chi connectivity index (χ1) is 7.31. The van der Waals surface area contributed by atoms with E-state index in [0.29, 0.717) is 0 Å². The normalized spacial score (nSPS) is 10.0. The van der Waals surface area contributed by atoms with Gasteiger partial charge >= 0.3 is 0 Å². The van der Waals surface area contributed by atoms with Gasteiger partial charge in [0.05, 0.1) is 0 Å². The van der Waals surface area contributed by atoms with Crippen LogP contribution in [0.5, 0.6) is 0 Å². The minimum absolute atomic E-state index is 1.13. The van der Waals surface area contributed by atoms with Gasteiger partial charge in [0.1, 0.15) is 0 Å². The molecule has 2 aromatic rings. The summed E-state index contributed by atoms with van der Waals surface area (Å²) in [7, 11) is 1.92. The van der Waals surface area contributed by atoms with Crippen molar-refractivity contribution < 1.29 is 0 Å². The summed E-state index contributed by atoms with van der Waals surface area (Å²) in [6.07, 6.45) is 3.73. The first-order valence-corrected chi connectivity index (χ1v) is 5.00. The molecule has 0 fully saturated rings. The summed E-state index contributed by atoms with van der Waals surface area (Å²) in [6, 6.07) is 10.4. The standard InChI is InChI=1S/C13H14N2/c1-10-7-8-15-9-13(10)11-3-5-12(14-2)6-4-11/h3-9,14H,1-2H3. The van der Waals surface area contributed by atoms with Crippen LogP contribution in [-0.4, -0.2) is 12.0 Å². The van der Waals surface area contributed by atoms with Crippen molar-refractivity contribution in [1.29, 1.82) is 0 Å². The van der Waals surface area contributed by atoms with Crippen LogP contribution in [0.2, 0.25) is 0 Å². The maximum absolute atomic E-state index is 4.15. The highest BCUT2D eigenvalue weighted by atomic mass is 14.8. The number of nitrogens with zero attached hydrogens (tertiary/aromatic N) is 1. The summed E-state index contributed by atoms with van der Waals surface area (Å²) in [5.41, 5.74) is 4.78. The zero-order valence-electron chi connectivity index (χ0n) is 8.99. The second-order valence-corrected chi connectivity index (χ2v) is 3.52. The van der Waals surface area contributed by atoms with Gasteiger partial charge in [-0.15, -0.1) is 0 Å². The van der Waals surface area contributed by atoms with Crippen LogP contribution in [0.3, 0.4) is 0 Å². The lowest BCUT2D eigenvalue weighted by molar-refractivity contribution is 1.29. The largest absolute Gasteiger partial charge is 0.388 e. The van der Waals surface area contributed by atoms with Gasteiger partial charge < -0.3 is 5.32 Å². The zero-order chi connectivity index (χ0) is 10.7. The minimum Gasteiger partial charge on any atom is -0.388 e. The average Bonchev–Trinajstić information content (AvgIpc) is 2.30. The SMILES string of the molecule is CNc1ccc(-c2cnccc2C)cc1. The molecule has 0 saturated heterocycles. The predicted octanol–water partition coefficient (Wildman–Crippen LogP) is 3.10. The molecule has 0 aliphatic rings. The lowest BCUT2D eigenvalue weighted by atomic mass is 10.0. The third kappa shape index (κ3) is 1.99. The van der Waals surface area contributed by atoms with Crippen molar-refractivity contribution in [3.05, 3.63) is 48.3 Å². The monoisotopic (exact) mass is 198 g/mol. The number of hydrogen-bond donors (Lipinski definition) is 1. The van der Waals surface area contributed by atoms with Gasteiger partial charge in [-0.3, -0.25) is 4.98 Å². The molecule has 2 nitrogen and oxygen atoms in total. The summed E-state index contributed by atoms with van der Waals surface area (Å²) >= 11 is 0. The molecule has 2 rings (SSSR count). The lowest BCUT2D eigenvalue weighted by Crippen LogP contribution is -1.88. The van der Waals surface area contributed by atoms with Crippen LogP contribution in [0.25, 0.3) is 11.1 Å². The molecule has 1 aromatic carbocycles. The van der Waals surface area contributed by atoms with E-state index >= 15 is 0 Å². The van der Waals surface area contributed by atoms with Gasteiger partial charge in [-0.25, -0.2) is 0 Å². The van der Waals surface area contributed by atoms with E-state index in [1.807, 2.05) is 25.5 Å². The molecule has 0 unspecified atom stereocenters. The van der Waals surface area contributed by atoms with Crippen LogP contribution in [-0.2, 0) is 0 Å². The average molecular weight is 198 g/mol. The molecule has 1 aromatic heterocycles. The van der Waals surface area contributed by atoms with E-state index in [-0.39, 0.29) is 0 Å². The molecule has 0 radical (unpaired) electrons. The van der Waals surface area contributed by atoms with Crippen LogP contribution in [0.1, 0.15) is 5.56 Å². The van der Waals surface area contributed by atoms with Crippen LogP contribution < -0.4 is 5.32 Å². The molecule has 0 spiro atoms. The van der Waals surface area contributed by atoms with E-state index in [0.717, 1.165) is 5.69 Å². The molecule has 0 aliphatic carbocycles. The van der Waals surface area contributed by atoms with Crippen molar-refractivity contribution >= 4 is 5.69 Å². The lowest BCUT2D eigenvalue weighted by Gasteiger charge is -2.06. The fraction of sp³-hybridized carbons (Fsp3) is 0.154. The summed E-state index contributed by atoms with van der Waals surface area (Å²) in [5, 5.41) is 3.10. The van der Waals surface area contributed by atoms with E-state index in [9.17, 15) is 0 Å². The van der Waals surface area contributed by atoms with E-state index in [4.69, 9.17) is 0 Å². The highest BCUT2D eigenvalue weighted by Crippen LogP contribution is 2.23. The zero-order valence-corrected chi connectivity index (χ0v) is 8.99. The van der Waals surface area contributed by atoms with Crippen molar-refractivity contribution in [1.82, 2.24) is 4.98 Å². The molecule has 1 N–H and O–H groups in total. The Morgan fingerprint density at radius 2 is 1.80 bits per heavy atom. The molecular weight excluding hydrogens is 184 g/mol. The molecular formula is C13H14N2. The minimum atomic E-state index is 1.13. The number of hydrogen-bond acceptors (Lipinski definition) is 2. The third-order valence-electron chi connectivity index (χ3n) is 2.52. The molecule has 0 amide bonds. The summed E-state index contributed by atoms with van der Waals surface area (Å²) in [4.78, 5) is 4.15. The number of aromatic nitrogens is 1. The Morgan fingerprint density at radius 3 is 2.40 bits per heavy atom. The van der Waals surface area contributed by atoms with Crippen LogP contribution in [0, 0.1) is 6.92 Å². The number of rotatable bonds is 2. The van der Waals surface area contributed by atoms with Crippen LogP contribution in [0.15, 0.2) is 42.7 Å². The molecule has 76 valence electrons. The van der Waals surface area contributed by atoms with Gasteiger partial charge in [-0.2, -0.15) is 0 Å². The number of anilines is 1. The van der Waals surface area contributed by atoms with E-state index in [1.165, 1.54) is 16.7 Å². The number of pyridine rings is 1. The Kier molecular flexibility index (Phi) is 2.68. The number of benzene rings is 1. The topological polar surface area (TPSA) is 24.9 Å². The fourth-order valence-corrected chi connectivity index (χ4v) is 1.58. The number of aryl methyl sites for hydroxylation is 1. The van der Waals surface area contributed by atoms with E-state index in [1.54, 1.807) is 0 Å². The van der Waals surface area contributed by atoms with Gasteiger partial charge in [-0.1, -0.05) is 12.1 Å². The third-order valence-corrected chi connectivity index (χ3v) is 2.52. The van der Waals surface area contributed by atoms with Crippen molar-refractivity contribution in [2.24, 2.45) is 0 Å². The second kappa shape index (κ2) is 4.13. The quantitative estimate of drug-likeness (QED) is 0.802. The van der Waals surface area contributed by atoms with Gasteiger partial charge in [0.2, 0.25) is 0 Å². The van der Waals surface area contributed by atoms with Gasteiger partial charge in [0, 0.05) is 30.7 Å². The molecule has 0 saturated carbocycles.